The van der Waals surface area contributed by atoms with Gasteiger partial charge in [0.15, 0.2) is 0 Å². The number of ether oxygens (including phenoxy) is 1. The van der Waals surface area contributed by atoms with Crippen LogP contribution in [0.3, 0.4) is 0 Å². The maximum absolute atomic E-state index is 15.0. The van der Waals surface area contributed by atoms with Gasteiger partial charge in [-0.2, -0.15) is 5.10 Å². The molecule has 0 saturated carbocycles. The van der Waals surface area contributed by atoms with Crippen LogP contribution < -0.4 is 9.64 Å². The molecule has 1 aliphatic rings. The lowest BCUT2D eigenvalue weighted by Gasteiger charge is -2.35. The zero-order valence-corrected chi connectivity index (χ0v) is 32.4. The molecule has 0 aliphatic carbocycles. The molecule has 1 aliphatic heterocycles. The van der Waals surface area contributed by atoms with Crippen molar-refractivity contribution in [3.8, 4) is 22.6 Å². The summed E-state index contributed by atoms with van der Waals surface area (Å²) in [5.74, 6) is 0.833. The molecule has 6 aromatic rings. The minimum absolute atomic E-state index is 0.103. The van der Waals surface area contributed by atoms with E-state index in [0.717, 1.165) is 84.9 Å². The minimum atomic E-state index is -0.104. The number of halogens is 2. The van der Waals surface area contributed by atoms with Crippen molar-refractivity contribution in [3.63, 3.8) is 0 Å². The Morgan fingerprint density at radius 3 is 2.31 bits per heavy atom. The molecule has 3 aromatic carbocycles. The number of benzene rings is 3. The molecule has 1 atom stereocenters. The monoisotopic (exact) mass is 741 g/mol. The predicted molar refractivity (Wildman–Crippen MR) is 213 cm³/mol. The first-order valence-electron chi connectivity index (χ1n) is 17.3. The van der Waals surface area contributed by atoms with Crippen LogP contribution in [0.4, 0.5) is 5.69 Å². The first-order chi connectivity index (χ1) is 24.8. The van der Waals surface area contributed by atoms with E-state index >= 15 is 4.79 Å². The van der Waals surface area contributed by atoms with Crippen LogP contribution in [-0.4, -0.2) is 55.3 Å². The maximum atomic E-state index is 15.0. The second-order valence-electron chi connectivity index (χ2n) is 13.5. The van der Waals surface area contributed by atoms with Gasteiger partial charge in [-0.25, -0.2) is 0 Å². The number of phenols is 1. The molecule has 0 radical (unpaired) electrons. The number of aryl methyl sites for hydroxylation is 6. The highest BCUT2D eigenvalue weighted by atomic mass is 35.5. The van der Waals surface area contributed by atoms with Crippen molar-refractivity contribution < 1.29 is 19.7 Å². The van der Waals surface area contributed by atoms with E-state index in [4.69, 9.17) is 38.1 Å². The van der Waals surface area contributed by atoms with Crippen molar-refractivity contribution >= 4 is 62.7 Å². The molecule has 52 heavy (non-hydrogen) atoms. The number of hydrogen-bond acceptors (Lipinski definition) is 5. The lowest BCUT2D eigenvalue weighted by molar-refractivity contribution is 0.0957. The first-order valence-corrected chi connectivity index (χ1v) is 18.0. The number of nitrogens with zero attached hydrogens (tertiary/aromatic N) is 5. The lowest BCUT2D eigenvalue weighted by Crippen LogP contribution is -2.43. The van der Waals surface area contributed by atoms with Crippen LogP contribution in [0.5, 0.6) is 11.5 Å². The van der Waals surface area contributed by atoms with Gasteiger partial charge in [0.2, 0.25) is 0 Å². The number of rotatable bonds is 8. The molecule has 9 nitrogen and oxygen atoms in total. The van der Waals surface area contributed by atoms with Gasteiger partial charge in [-0.15, -0.1) is 0 Å². The molecule has 7 rings (SSSR count). The summed E-state index contributed by atoms with van der Waals surface area (Å²) < 4.78 is 12.3. The fourth-order valence-corrected chi connectivity index (χ4v) is 8.16. The number of carbonyl (C=O) groups excluding carboxylic acids is 1. The number of carbonyl (C=O) groups is 1. The van der Waals surface area contributed by atoms with Gasteiger partial charge in [-0.1, -0.05) is 35.8 Å². The molecular weight excluding hydrogens is 697 g/mol. The van der Waals surface area contributed by atoms with Crippen LogP contribution in [0.1, 0.15) is 63.6 Å². The quantitative estimate of drug-likeness (QED) is 0.152. The molecule has 0 fully saturated rings. The minimum Gasteiger partial charge on any atom is -0.507 e. The van der Waals surface area contributed by atoms with E-state index in [1.807, 2.05) is 92.3 Å². The number of hydrogen-bond donors (Lipinski definition) is 2. The molecular formula is C41H45Cl2N5O4. The highest BCUT2D eigenvalue weighted by Gasteiger charge is 2.37. The largest absolute Gasteiger partial charge is 0.507 e. The second kappa shape index (κ2) is 14.4. The van der Waals surface area contributed by atoms with E-state index in [0.29, 0.717) is 42.1 Å². The summed E-state index contributed by atoms with van der Waals surface area (Å²) >= 11 is 13.5. The zero-order valence-electron chi connectivity index (χ0n) is 30.9. The van der Waals surface area contributed by atoms with Crippen molar-refractivity contribution in [2.75, 3.05) is 25.2 Å². The fourth-order valence-electron chi connectivity index (χ4n) is 7.81. The molecule has 2 N–H and O–H groups in total. The molecule has 0 bridgehead atoms. The van der Waals surface area contributed by atoms with E-state index < -0.39 is 0 Å². The summed E-state index contributed by atoms with van der Waals surface area (Å²) in [6.45, 7) is 15.0. The zero-order chi connectivity index (χ0) is 37.8. The summed E-state index contributed by atoms with van der Waals surface area (Å²) in [4.78, 5) is 16.9. The van der Waals surface area contributed by atoms with Gasteiger partial charge in [-0.3, -0.25) is 9.48 Å². The maximum Gasteiger partial charge on any atom is 0.275 e. The number of anilines is 1. The SMILES string of the molecule is C=Cc1cc2c(O)ccc(N3C[C@@H](C)n4c(c(CCCOc5cc(C)c(Cl)c(C)c5)c5ccc(Cl)c(-c6c(C)nn(C)c6C)c54)C3=O)c2n1C.CO. The third-order valence-electron chi connectivity index (χ3n) is 10.3. The van der Waals surface area contributed by atoms with Crippen LogP contribution in [-0.2, 0) is 20.5 Å². The van der Waals surface area contributed by atoms with Crippen molar-refractivity contribution in [1.82, 2.24) is 18.9 Å². The van der Waals surface area contributed by atoms with Gasteiger partial charge < -0.3 is 29.0 Å². The van der Waals surface area contributed by atoms with Crippen molar-refractivity contribution in [3.05, 3.63) is 98.6 Å². The fraction of sp³-hybridized carbons (Fsp3) is 0.317. The standard InChI is InChI=1S/C40H41Cl2N5O3.CH4O/c1-9-26-19-30-33(48)15-14-32(37(30)44(26)7)46-20-23(4)47-38-29(12-13-31(41)35(38)34-24(5)43-45(8)25(34)6)28(39(47)40(46)49)11-10-16-50-27-17-21(2)36(42)22(3)18-27;1-2/h9,12-15,17-19,23,48H,1,10-11,16,20H2,2-8H3;2H,1H3/t23-;/m1./s1. The summed E-state index contributed by atoms with van der Waals surface area (Å²) in [7, 11) is 4.87. The Morgan fingerprint density at radius 2 is 1.67 bits per heavy atom. The Hall–Kier alpha value is -4.70. The topological polar surface area (TPSA) is 97.7 Å². The Kier molecular flexibility index (Phi) is 10.2. The van der Waals surface area contributed by atoms with Gasteiger partial charge in [0, 0.05) is 72.1 Å². The number of aliphatic hydroxyl groups is 1. The molecule has 0 unspecified atom stereocenters. The van der Waals surface area contributed by atoms with Crippen molar-refractivity contribution in [2.45, 2.75) is 53.5 Å². The third-order valence-corrected chi connectivity index (χ3v) is 11.2. The Morgan fingerprint density at radius 1 is 0.981 bits per heavy atom. The van der Waals surface area contributed by atoms with Crippen LogP contribution in [0.15, 0.2) is 49.0 Å². The van der Waals surface area contributed by atoms with Gasteiger partial charge in [0.05, 0.1) is 34.0 Å². The summed E-state index contributed by atoms with van der Waals surface area (Å²) in [6, 6.07) is 13.2. The highest BCUT2D eigenvalue weighted by Crippen LogP contribution is 2.46. The molecule has 1 amide bonds. The van der Waals surface area contributed by atoms with Crippen molar-refractivity contribution in [2.24, 2.45) is 14.1 Å². The van der Waals surface area contributed by atoms with Gasteiger partial charge in [0.1, 0.15) is 17.2 Å². The first kappa shape index (κ1) is 37.1. The molecule has 11 heteroatoms. The van der Waals surface area contributed by atoms with E-state index in [9.17, 15) is 5.11 Å². The van der Waals surface area contributed by atoms with Crippen LogP contribution >= 0.6 is 23.2 Å². The van der Waals surface area contributed by atoms with Gasteiger partial charge in [0.25, 0.3) is 5.91 Å². The van der Waals surface area contributed by atoms with Crippen molar-refractivity contribution in [1.29, 1.82) is 0 Å². The second-order valence-corrected chi connectivity index (χ2v) is 14.3. The predicted octanol–water partition coefficient (Wildman–Crippen LogP) is 9.26. The molecule has 3 aromatic heterocycles. The van der Waals surface area contributed by atoms with Crippen LogP contribution in [0.25, 0.3) is 39.0 Å². The molecule has 0 spiro atoms. The van der Waals surface area contributed by atoms with Crippen LogP contribution in [0, 0.1) is 27.7 Å². The summed E-state index contributed by atoms with van der Waals surface area (Å²) in [6.07, 6.45) is 3.04. The van der Waals surface area contributed by atoms with Gasteiger partial charge in [-0.05, 0) is 107 Å². The van der Waals surface area contributed by atoms with E-state index in [2.05, 4.69) is 18.1 Å². The van der Waals surface area contributed by atoms with E-state index in [1.165, 1.54) is 0 Å². The summed E-state index contributed by atoms with van der Waals surface area (Å²) in [5, 5.41) is 25.6. The number of phenolic OH excluding ortho intramolecular Hbond substituents is 1. The number of amides is 1. The van der Waals surface area contributed by atoms with E-state index in [1.54, 1.807) is 12.1 Å². The Labute approximate surface area is 314 Å². The Bertz CT molecular complexity index is 2360. The average Bonchev–Trinajstić information content (AvgIpc) is 3.73. The normalized spacial score (nSPS) is 14.2. The highest BCUT2D eigenvalue weighted by molar-refractivity contribution is 6.35. The number of fused-ring (bicyclic) bond motifs is 4. The molecule has 4 heterocycles. The van der Waals surface area contributed by atoms with Gasteiger partial charge >= 0.3 is 0 Å². The lowest BCUT2D eigenvalue weighted by atomic mass is 9.98. The molecule has 0 saturated heterocycles. The number of aromatic hydroxyl groups is 1. The molecule has 272 valence electrons. The smallest absolute Gasteiger partial charge is 0.275 e. The Balaban J connectivity index is 0.00000228. The van der Waals surface area contributed by atoms with E-state index in [-0.39, 0.29) is 17.7 Å². The average molecular weight is 743 g/mol. The number of aliphatic hydroxyl groups excluding tert-OH is 1. The summed E-state index contributed by atoms with van der Waals surface area (Å²) in [5.41, 5.74) is 10.6. The van der Waals surface area contributed by atoms with Crippen LogP contribution in [0.2, 0.25) is 10.0 Å². The third kappa shape index (κ3) is 5.94. The number of aromatic nitrogens is 4.